The van der Waals surface area contributed by atoms with Crippen LogP contribution in [0.2, 0.25) is 0 Å². The monoisotopic (exact) mass is 447 g/mol. The second-order valence-electron chi connectivity index (χ2n) is 10.2. The first-order valence-electron chi connectivity index (χ1n) is 11.5. The Balaban J connectivity index is 1.74. The molecule has 0 bridgehead atoms. The normalized spacial score (nSPS) is 42.8. The van der Waals surface area contributed by atoms with Crippen LogP contribution in [0.3, 0.4) is 0 Å². The zero-order valence-corrected chi connectivity index (χ0v) is 18.9. The van der Waals surface area contributed by atoms with Crippen LogP contribution in [0, 0.1) is 28.6 Å². The highest BCUT2D eigenvalue weighted by molar-refractivity contribution is 6.02. The number of amides is 1. The van der Waals surface area contributed by atoms with Crippen molar-refractivity contribution >= 4 is 17.7 Å². The fourth-order valence-corrected chi connectivity index (χ4v) is 7.48. The number of aliphatic hydroxyl groups excluding tert-OH is 2. The quantitative estimate of drug-likeness (QED) is 0.515. The van der Waals surface area contributed by atoms with Crippen molar-refractivity contribution < 1.29 is 34.4 Å². The Morgan fingerprint density at radius 1 is 1.25 bits per heavy atom. The third-order valence-corrected chi connectivity index (χ3v) is 8.97. The van der Waals surface area contributed by atoms with Crippen LogP contribution < -0.4 is 5.32 Å². The number of alkyl carbamates (subject to hydrolysis) is 1. The topological polar surface area (TPSA) is 133 Å². The second kappa shape index (κ2) is 7.78. The molecule has 3 fully saturated rings. The molecule has 8 heteroatoms. The van der Waals surface area contributed by atoms with Gasteiger partial charge in [-0.25, -0.2) is 4.79 Å². The molecule has 0 aromatic heterocycles. The highest BCUT2D eigenvalue weighted by atomic mass is 16.5. The Labute approximate surface area is 187 Å². The van der Waals surface area contributed by atoms with Crippen LogP contribution in [0.1, 0.15) is 52.9 Å². The van der Waals surface area contributed by atoms with E-state index in [0.29, 0.717) is 25.0 Å². The van der Waals surface area contributed by atoms with Crippen LogP contribution >= 0.6 is 0 Å². The summed E-state index contributed by atoms with van der Waals surface area (Å²) in [5.74, 6) is -1.15. The summed E-state index contributed by atoms with van der Waals surface area (Å²) in [4.78, 5) is 37.1. The molecule has 0 unspecified atom stereocenters. The molecule has 8 nitrogen and oxygen atoms in total. The summed E-state index contributed by atoms with van der Waals surface area (Å²) in [6.07, 6.45) is 3.91. The highest BCUT2D eigenvalue weighted by Gasteiger charge is 2.68. The van der Waals surface area contributed by atoms with Gasteiger partial charge in [0.05, 0.1) is 12.7 Å². The SMILES string of the molecule is CCOC(=O)NC1=CC(=O)C=C2CC[C@@H]3[C@H]([C@@H](O)C[C@@]4(C)[C@H]3CC[C@]4(O)C(=O)CO)[C@]21C. The molecule has 0 aliphatic heterocycles. The maximum absolute atomic E-state index is 12.5. The Bertz CT molecular complexity index is 910. The first-order valence-corrected chi connectivity index (χ1v) is 11.5. The standard InChI is InChI=1S/C24H33NO7/c1-4-32-21(30)25-18-10-14(27)9-13-5-6-15-16-7-8-24(31,19(29)12-26)22(16,2)11-17(28)20(15)23(13,18)3/h9-10,15-17,20,26,28,31H,4-8,11-12H2,1-3H3,(H,25,30)/t15-,16-,17-,20+,22-,23+,24-/m0/s1. The minimum Gasteiger partial charge on any atom is -0.450 e. The van der Waals surface area contributed by atoms with E-state index in [9.17, 15) is 29.7 Å². The van der Waals surface area contributed by atoms with Crippen molar-refractivity contribution in [1.29, 1.82) is 0 Å². The lowest BCUT2D eigenvalue weighted by Gasteiger charge is -2.60. The van der Waals surface area contributed by atoms with Crippen molar-refractivity contribution in [3.8, 4) is 0 Å². The summed E-state index contributed by atoms with van der Waals surface area (Å²) in [7, 11) is 0. The van der Waals surface area contributed by atoms with Crippen LogP contribution in [0.5, 0.6) is 0 Å². The molecule has 4 N–H and O–H groups in total. The summed E-state index contributed by atoms with van der Waals surface area (Å²) in [6, 6.07) is 0. The molecule has 1 amide bonds. The predicted molar refractivity (Wildman–Crippen MR) is 114 cm³/mol. The van der Waals surface area contributed by atoms with Gasteiger partial charge in [0.25, 0.3) is 0 Å². The van der Waals surface area contributed by atoms with Gasteiger partial charge in [-0.3, -0.25) is 14.9 Å². The van der Waals surface area contributed by atoms with Crippen LogP contribution in [0.25, 0.3) is 0 Å². The van der Waals surface area contributed by atoms with Crippen LogP contribution in [0.4, 0.5) is 4.79 Å². The molecule has 7 atom stereocenters. The molecule has 4 aliphatic rings. The summed E-state index contributed by atoms with van der Waals surface area (Å²) in [5.41, 5.74) is -1.99. The predicted octanol–water partition coefficient (Wildman–Crippen LogP) is 1.63. The zero-order valence-electron chi connectivity index (χ0n) is 18.9. The lowest BCUT2D eigenvalue weighted by Crippen LogP contribution is -2.62. The minimum absolute atomic E-state index is 0.0213. The molecule has 0 heterocycles. The van der Waals surface area contributed by atoms with Gasteiger partial charge in [-0.2, -0.15) is 0 Å². The first kappa shape index (κ1) is 23.1. The Morgan fingerprint density at radius 3 is 2.62 bits per heavy atom. The van der Waals surface area contributed by atoms with Gasteiger partial charge in [-0.15, -0.1) is 0 Å². The van der Waals surface area contributed by atoms with E-state index in [0.717, 1.165) is 5.57 Å². The lowest BCUT2D eigenvalue weighted by atomic mass is 9.45. The number of rotatable bonds is 4. The van der Waals surface area contributed by atoms with Gasteiger partial charge in [0.15, 0.2) is 11.6 Å². The van der Waals surface area contributed by atoms with Crippen LogP contribution in [-0.2, 0) is 14.3 Å². The van der Waals surface area contributed by atoms with Gasteiger partial charge in [-0.05, 0) is 63.9 Å². The van der Waals surface area contributed by atoms with E-state index in [1.54, 1.807) is 13.0 Å². The Kier molecular flexibility index (Phi) is 5.63. The van der Waals surface area contributed by atoms with Crippen LogP contribution in [-0.4, -0.2) is 57.9 Å². The Morgan fingerprint density at radius 2 is 1.97 bits per heavy atom. The molecule has 3 saturated carbocycles. The van der Waals surface area contributed by atoms with E-state index >= 15 is 0 Å². The third kappa shape index (κ3) is 3.03. The molecule has 4 aliphatic carbocycles. The number of hydrogen-bond acceptors (Lipinski definition) is 7. The maximum Gasteiger partial charge on any atom is 0.411 e. The number of carbonyl (C=O) groups is 3. The smallest absolute Gasteiger partial charge is 0.411 e. The molecular formula is C24H33NO7. The molecule has 0 aromatic rings. The molecule has 0 aromatic carbocycles. The summed E-state index contributed by atoms with van der Waals surface area (Å²) >= 11 is 0. The van der Waals surface area contributed by atoms with Crippen LogP contribution in [0.15, 0.2) is 23.4 Å². The maximum atomic E-state index is 12.5. The van der Waals surface area contributed by atoms with E-state index in [-0.39, 0.29) is 43.0 Å². The molecule has 0 radical (unpaired) electrons. The third-order valence-electron chi connectivity index (χ3n) is 8.97. The number of fused-ring (bicyclic) bond motifs is 5. The molecule has 4 rings (SSSR count). The lowest BCUT2D eigenvalue weighted by molar-refractivity contribution is -0.179. The second-order valence-corrected chi connectivity index (χ2v) is 10.2. The van der Waals surface area contributed by atoms with Crippen molar-refractivity contribution in [2.24, 2.45) is 28.6 Å². The van der Waals surface area contributed by atoms with Crippen molar-refractivity contribution in [2.45, 2.75) is 64.6 Å². The number of Topliss-reactive ketones (excluding diaryl/α,β-unsaturated/α-hetero) is 1. The van der Waals surface area contributed by atoms with Gasteiger partial charge >= 0.3 is 6.09 Å². The largest absolute Gasteiger partial charge is 0.450 e. The number of aliphatic hydroxyl groups is 3. The fourth-order valence-electron chi connectivity index (χ4n) is 7.48. The first-order chi connectivity index (χ1) is 15.0. The van der Waals surface area contributed by atoms with E-state index in [1.807, 2.05) is 13.8 Å². The number of hydrogen-bond donors (Lipinski definition) is 4. The van der Waals surface area contributed by atoms with Gasteiger partial charge < -0.3 is 20.1 Å². The van der Waals surface area contributed by atoms with Gasteiger partial charge in [0.1, 0.15) is 12.2 Å². The highest BCUT2D eigenvalue weighted by Crippen LogP contribution is 2.67. The summed E-state index contributed by atoms with van der Waals surface area (Å²) in [6.45, 7) is 4.96. The van der Waals surface area contributed by atoms with E-state index in [2.05, 4.69) is 5.32 Å². The molecular weight excluding hydrogens is 414 g/mol. The number of ether oxygens (including phenoxy) is 1. The van der Waals surface area contributed by atoms with Crippen molar-refractivity contribution in [3.63, 3.8) is 0 Å². The number of ketones is 2. The molecule has 0 spiro atoms. The number of nitrogens with one attached hydrogen (secondary N) is 1. The molecule has 32 heavy (non-hydrogen) atoms. The Hall–Kier alpha value is -2.03. The van der Waals surface area contributed by atoms with E-state index in [1.165, 1.54) is 6.08 Å². The number of allylic oxidation sites excluding steroid dienone is 3. The average Bonchev–Trinajstić information content (AvgIpc) is 2.99. The van der Waals surface area contributed by atoms with E-state index < -0.39 is 41.0 Å². The van der Waals surface area contributed by atoms with E-state index in [4.69, 9.17) is 4.74 Å². The van der Waals surface area contributed by atoms with Gasteiger partial charge in [-0.1, -0.05) is 12.5 Å². The summed E-state index contributed by atoms with van der Waals surface area (Å²) < 4.78 is 5.04. The van der Waals surface area contributed by atoms with Crippen molar-refractivity contribution in [3.05, 3.63) is 23.4 Å². The minimum atomic E-state index is -1.67. The number of carbonyl (C=O) groups excluding carboxylic acids is 3. The van der Waals surface area contributed by atoms with Crippen molar-refractivity contribution in [1.82, 2.24) is 5.32 Å². The van der Waals surface area contributed by atoms with Gasteiger partial charge in [0.2, 0.25) is 0 Å². The molecule has 176 valence electrons. The zero-order chi connectivity index (χ0) is 23.5. The van der Waals surface area contributed by atoms with Gasteiger partial charge in [0, 0.05) is 28.5 Å². The fraction of sp³-hybridized carbons (Fsp3) is 0.708. The van der Waals surface area contributed by atoms with Crippen molar-refractivity contribution in [2.75, 3.05) is 13.2 Å². The average molecular weight is 448 g/mol. The molecule has 0 saturated heterocycles. The summed E-state index contributed by atoms with van der Waals surface area (Å²) in [5, 5.41) is 35.0.